The van der Waals surface area contributed by atoms with Crippen LogP contribution in [0, 0.1) is 0 Å². The van der Waals surface area contributed by atoms with E-state index in [1.807, 2.05) is 18.2 Å². The van der Waals surface area contributed by atoms with E-state index in [2.05, 4.69) is 17.5 Å². The molecule has 1 aliphatic carbocycles. The minimum Gasteiger partial charge on any atom is -0.410 e. The molecule has 3 nitrogen and oxygen atoms in total. The number of nitrogens with one attached hydrogen (secondary N) is 1. The van der Waals surface area contributed by atoms with Gasteiger partial charge < -0.3 is 10.1 Å². The Morgan fingerprint density at radius 1 is 1.25 bits per heavy atom. The van der Waals surface area contributed by atoms with E-state index in [-0.39, 0.29) is 12.1 Å². The summed E-state index contributed by atoms with van der Waals surface area (Å²) in [7, 11) is 0. The van der Waals surface area contributed by atoms with Crippen LogP contribution in [0.1, 0.15) is 19.3 Å². The van der Waals surface area contributed by atoms with Gasteiger partial charge in [0.1, 0.15) is 5.75 Å². The van der Waals surface area contributed by atoms with Crippen LogP contribution in [0.3, 0.4) is 0 Å². The van der Waals surface area contributed by atoms with Crippen LogP contribution in [0.4, 0.5) is 4.79 Å². The van der Waals surface area contributed by atoms with Gasteiger partial charge in [-0.1, -0.05) is 30.4 Å². The van der Waals surface area contributed by atoms with Gasteiger partial charge >= 0.3 is 6.09 Å². The molecule has 0 fully saturated rings. The van der Waals surface area contributed by atoms with Crippen LogP contribution < -0.4 is 10.1 Å². The van der Waals surface area contributed by atoms with Gasteiger partial charge in [-0.2, -0.15) is 0 Å². The Balaban J connectivity index is 1.82. The molecule has 1 aromatic carbocycles. The van der Waals surface area contributed by atoms with Crippen LogP contribution in [-0.4, -0.2) is 12.1 Å². The van der Waals surface area contributed by atoms with Crippen LogP contribution in [0.25, 0.3) is 0 Å². The van der Waals surface area contributed by atoms with Crippen LogP contribution in [-0.2, 0) is 0 Å². The highest BCUT2D eigenvalue weighted by Crippen LogP contribution is 2.12. The van der Waals surface area contributed by atoms with E-state index in [0.29, 0.717) is 5.75 Å². The summed E-state index contributed by atoms with van der Waals surface area (Å²) in [6.45, 7) is 0. The number of benzene rings is 1. The number of ether oxygens (including phenoxy) is 1. The average molecular weight is 217 g/mol. The van der Waals surface area contributed by atoms with E-state index in [1.54, 1.807) is 12.1 Å². The molecule has 1 atom stereocenters. The molecule has 0 saturated heterocycles. The molecule has 0 spiro atoms. The fraction of sp³-hybridized carbons (Fsp3) is 0.308. The molecule has 0 saturated carbocycles. The average Bonchev–Trinajstić information content (AvgIpc) is 2.31. The zero-order valence-electron chi connectivity index (χ0n) is 9.06. The fourth-order valence-corrected chi connectivity index (χ4v) is 1.72. The first-order valence-corrected chi connectivity index (χ1v) is 5.53. The van der Waals surface area contributed by atoms with Gasteiger partial charge in [0.2, 0.25) is 0 Å². The SMILES string of the molecule is O=C(NC1CC=CCC1)Oc1ccccc1. The number of carbonyl (C=O) groups excluding carboxylic acids is 1. The Kier molecular flexibility index (Phi) is 3.59. The van der Waals surface area contributed by atoms with E-state index in [9.17, 15) is 4.79 Å². The molecule has 84 valence electrons. The maximum atomic E-state index is 11.5. The monoisotopic (exact) mass is 217 g/mol. The first-order valence-electron chi connectivity index (χ1n) is 5.53. The van der Waals surface area contributed by atoms with E-state index in [0.717, 1.165) is 19.3 Å². The highest BCUT2D eigenvalue weighted by atomic mass is 16.6. The second-order valence-corrected chi connectivity index (χ2v) is 3.83. The Morgan fingerprint density at radius 3 is 2.75 bits per heavy atom. The third-order valence-electron chi connectivity index (χ3n) is 2.54. The molecular weight excluding hydrogens is 202 g/mol. The van der Waals surface area contributed by atoms with E-state index < -0.39 is 0 Å². The molecule has 1 amide bonds. The molecule has 3 heteroatoms. The predicted molar refractivity (Wildman–Crippen MR) is 62.4 cm³/mol. The maximum Gasteiger partial charge on any atom is 0.412 e. The summed E-state index contributed by atoms with van der Waals surface area (Å²) in [5.74, 6) is 0.575. The van der Waals surface area contributed by atoms with Gasteiger partial charge in [-0.3, -0.25) is 0 Å². The Bertz CT molecular complexity index is 373. The van der Waals surface area contributed by atoms with Gasteiger partial charge in [0.25, 0.3) is 0 Å². The quantitative estimate of drug-likeness (QED) is 0.773. The van der Waals surface area contributed by atoms with Gasteiger partial charge in [-0.25, -0.2) is 4.79 Å². The van der Waals surface area contributed by atoms with Gasteiger partial charge in [0.05, 0.1) is 0 Å². The normalized spacial score (nSPS) is 19.1. The van der Waals surface area contributed by atoms with Crippen molar-refractivity contribution in [1.82, 2.24) is 5.32 Å². The highest BCUT2D eigenvalue weighted by Gasteiger charge is 2.13. The number of hydrogen-bond acceptors (Lipinski definition) is 2. The van der Waals surface area contributed by atoms with Gasteiger partial charge in [-0.05, 0) is 31.4 Å². The van der Waals surface area contributed by atoms with Crippen molar-refractivity contribution in [3.63, 3.8) is 0 Å². The fourth-order valence-electron chi connectivity index (χ4n) is 1.72. The lowest BCUT2D eigenvalue weighted by molar-refractivity contribution is 0.195. The molecule has 1 unspecified atom stereocenters. The van der Waals surface area contributed by atoms with E-state index >= 15 is 0 Å². The summed E-state index contributed by atoms with van der Waals surface area (Å²) < 4.78 is 5.14. The van der Waals surface area contributed by atoms with Crippen molar-refractivity contribution in [3.05, 3.63) is 42.5 Å². The zero-order chi connectivity index (χ0) is 11.2. The molecule has 1 aliphatic rings. The Morgan fingerprint density at radius 2 is 2.06 bits per heavy atom. The van der Waals surface area contributed by atoms with Crippen molar-refractivity contribution >= 4 is 6.09 Å². The molecule has 0 aliphatic heterocycles. The second-order valence-electron chi connectivity index (χ2n) is 3.83. The van der Waals surface area contributed by atoms with Crippen molar-refractivity contribution < 1.29 is 9.53 Å². The summed E-state index contributed by atoms with van der Waals surface area (Å²) in [5.41, 5.74) is 0. The first-order chi connectivity index (χ1) is 7.84. The zero-order valence-corrected chi connectivity index (χ0v) is 9.06. The summed E-state index contributed by atoms with van der Waals surface area (Å²) in [6, 6.07) is 9.30. The van der Waals surface area contributed by atoms with Crippen LogP contribution >= 0.6 is 0 Å². The number of carbonyl (C=O) groups is 1. The number of hydrogen-bond donors (Lipinski definition) is 1. The van der Waals surface area contributed by atoms with Gasteiger partial charge in [0.15, 0.2) is 0 Å². The highest BCUT2D eigenvalue weighted by molar-refractivity contribution is 5.70. The summed E-state index contributed by atoms with van der Waals surface area (Å²) in [5, 5.41) is 2.85. The Labute approximate surface area is 95.1 Å². The molecule has 0 bridgehead atoms. The number of para-hydroxylation sites is 1. The lowest BCUT2D eigenvalue weighted by Gasteiger charge is -2.18. The molecule has 2 rings (SSSR count). The first kappa shape index (κ1) is 10.7. The lowest BCUT2D eigenvalue weighted by atomic mass is 10.0. The van der Waals surface area contributed by atoms with Crippen LogP contribution in [0.15, 0.2) is 42.5 Å². The molecule has 1 N–H and O–H groups in total. The smallest absolute Gasteiger partial charge is 0.410 e. The van der Waals surface area contributed by atoms with Crippen molar-refractivity contribution in [2.45, 2.75) is 25.3 Å². The largest absolute Gasteiger partial charge is 0.412 e. The lowest BCUT2D eigenvalue weighted by Crippen LogP contribution is -2.37. The molecule has 0 radical (unpaired) electrons. The molecule has 0 heterocycles. The van der Waals surface area contributed by atoms with Gasteiger partial charge in [0, 0.05) is 6.04 Å². The number of rotatable bonds is 2. The van der Waals surface area contributed by atoms with Crippen molar-refractivity contribution in [1.29, 1.82) is 0 Å². The Hall–Kier alpha value is -1.77. The number of allylic oxidation sites excluding steroid dienone is 1. The number of amides is 1. The van der Waals surface area contributed by atoms with Crippen molar-refractivity contribution in [2.75, 3.05) is 0 Å². The second kappa shape index (κ2) is 5.35. The van der Waals surface area contributed by atoms with Crippen LogP contribution in [0.5, 0.6) is 5.75 Å². The molecular formula is C13H15NO2. The molecule has 16 heavy (non-hydrogen) atoms. The molecule has 1 aromatic rings. The maximum absolute atomic E-state index is 11.5. The van der Waals surface area contributed by atoms with Crippen molar-refractivity contribution in [3.8, 4) is 5.75 Å². The minimum absolute atomic E-state index is 0.209. The summed E-state index contributed by atoms with van der Waals surface area (Å²) in [4.78, 5) is 11.5. The van der Waals surface area contributed by atoms with E-state index in [1.165, 1.54) is 0 Å². The summed E-state index contributed by atoms with van der Waals surface area (Å²) >= 11 is 0. The third kappa shape index (κ3) is 3.12. The standard InChI is InChI=1S/C13H15NO2/c15-13(14-11-7-3-1-4-8-11)16-12-9-5-2-6-10-12/h1-3,5-6,9-11H,4,7-8H2,(H,14,15). The molecule has 0 aromatic heterocycles. The minimum atomic E-state index is -0.369. The van der Waals surface area contributed by atoms with Crippen LogP contribution in [0.2, 0.25) is 0 Å². The predicted octanol–water partition coefficient (Wildman–Crippen LogP) is 2.88. The van der Waals surface area contributed by atoms with E-state index in [4.69, 9.17) is 4.74 Å². The third-order valence-corrected chi connectivity index (χ3v) is 2.54. The summed E-state index contributed by atoms with van der Waals surface area (Å²) in [6.07, 6.45) is 6.77. The topological polar surface area (TPSA) is 38.3 Å². The van der Waals surface area contributed by atoms with Crippen molar-refractivity contribution in [2.24, 2.45) is 0 Å². The van der Waals surface area contributed by atoms with Gasteiger partial charge in [-0.15, -0.1) is 0 Å².